The van der Waals surface area contributed by atoms with Crippen molar-refractivity contribution in [3.63, 3.8) is 0 Å². The fraction of sp³-hybridized carbons (Fsp3) is 0.774. The normalized spacial score (nSPS) is 48.0. The summed E-state index contributed by atoms with van der Waals surface area (Å²) in [7, 11) is 3.37. The number of nitrogens with zero attached hydrogens (tertiary/aromatic N) is 1. The monoisotopic (exact) mass is 931 g/mol. The summed E-state index contributed by atoms with van der Waals surface area (Å²) in [6, 6.07) is 5.60. The number of fused-ring (bicyclic) bond motifs is 1. The summed E-state index contributed by atoms with van der Waals surface area (Å²) in [6.07, 6.45) is 13.3. The van der Waals surface area contributed by atoms with Gasteiger partial charge >= 0.3 is 0 Å². The van der Waals surface area contributed by atoms with Crippen molar-refractivity contribution in [2.24, 2.45) is 68.5 Å². The summed E-state index contributed by atoms with van der Waals surface area (Å²) in [5.41, 5.74) is -4.28. The van der Waals surface area contributed by atoms with Crippen molar-refractivity contribution < 1.29 is 45.0 Å². The molecule has 10 nitrogen and oxygen atoms in total. The topological polar surface area (TPSA) is 171 Å². The number of aryl methyl sites for hydroxylation is 1. The number of carbonyl (C=O) groups is 2. The number of phenols is 1. The average Bonchev–Trinajstić information content (AvgIpc) is 3.77. The highest BCUT2D eigenvalue weighted by molar-refractivity contribution is 8.76. The number of phenolic OH excluding ortho intramolecular Hbond substituents is 1. The molecule has 2 saturated heterocycles. The summed E-state index contributed by atoms with van der Waals surface area (Å²) in [5.74, 6) is 0.752. The number of amides is 1. The van der Waals surface area contributed by atoms with E-state index in [0.29, 0.717) is 68.2 Å². The van der Waals surface area contributed by atoms with E-state index in [1.165, 1.54) is 0 Å². The van der Waals surface area contributed by atoms with E-state index >= 15 is 9.59 Å². The molecule has 5 heterocycles. The molecule has 0 unspecified atom stereocenters. The molecule has 13 rings (SSSR count). The van der Waals surface area contributed by atoms with E-state index in [-0.39, 0.29) is 83.9 Å². The predicted octanol–water partition coefficient (Wildman–Crippen LogP) is 7.55. The van der Waals surface area contributed by atoms with Gasteiger partial charge in [0.2, 0.25) is 5.91 Å². The molecule has 5 saturated carbocycles. The minimum atomic E-state index is -1.47. The van der Waals surface area contributed by atoms with Gasteiger partial charge in [-0.05, 0) is 147 Å². The number of anilines is 1. The Bertz CT molecular complexity index is 2180. The van der Waals surface area contributed by atoms with Crippen molar-refractivity contribution in [2.75, 3.05) is 29.6 Å². The van der Waals surface area contributed by atoms with Crippen LogP contribution in [-0.2, 0) is 20.7 Å². The Morgan fingerprint density at radius 3 is 2.46 bits per heavy atom. The number of aliphatic hydroxyl groups is 5. The van der Waals surface area contributed by atoms with E-state index in [4.69, 9.17) is 4.74 Å². The number of hydrogen-bond acceptors (Lipinski definition) is 11. The van der Waals surface area contributed by atoms with E-state index in [1.807, 2.05) is 4.90 Å². The van der Waals surface area contributed by atoms with Gasteiger partial charge in [0, 0.05) is 53.2 Å². The Morgan fingerprint density at radius 2 is 1.71 bits per heavy atom. The highest BCUT2D eigenvalue weighted by Crippen LogP contribution is 2.76. The van der Waals surface area contributed by atoms with Crippen molar-refractivity contribution in [3.05, 3.63) is 47.6 Å². The van der Waals surface area contributed by atoms with Crippen LogP contribution in [0.5, 0.6) is 5.75 Å². The lowest BCUT2D eigenvalue weighted by Crippen LogP contribution is -2.68. The third-order valence-corrected chi connectivity index (χ3v) is 23.9. The van der Waals surface area contributed by atoms with Crippen LogP contribution in [0.25, 0.3) is 0 Å². The molecular formula is C53H73NO9S2. The Labute approximate surface area is 393 Å². The molecule has 8 bridgehead atoms. The number of ketones is 1. The Hall–Kier alpha value is -1.90. The van der Waals surface area contributed by atoms with Gasteiger partial charge in [-0.3, -0.25) is 9.59 Å². The smallest absolute Gasteiger partial charge is 0.234 e. The molecule has 7 fully saturated rings. The van der Waals surface area contributed by atoms with Crippen LogP contribution in [0.3, 0.4) is 0 Å². The average molecular weight is 932 g/mol. The third kappa shape index (κ3) is 5.95. The van der Waals surface area contributed by atoms with Crippen molar-refractivity contribution in [3.8, 4) is 5.75 Å². The summed E-state index contributed by atoms with van der Waals surface area (Å²) >= 11 is 0. The minimum Gasteiger partial charge on any atom is -0.508 e. The third-order valence-electron chi connectivity index (χ3n) is 21.3. The van der Waals surface area contributed by atoms with Crippen LogP contribution in [0.15, 0.2) is 42.0 Å². The van der Waals surface area contributed by atoms with Crippen LogP contribution in [-0.4, -0.2) is 103 Å². The number of rotatable bonds is 4. The van der Waals surface area contributed by atoms with Gasteiger partial charge in [-0.1, -0.05) is 80.7 Å². The largest absolute Gasteiger partial charge is 0.508 e. The van der Waals surface area contributed by atoms with E-state index in [9.17, 15) is 30.6 Å². The van der Waals surface area contributed by atoms with E-state index in [2.05, 4.69) is 45.9 Å². The lowest BCUT2D eigenvalue weighted by molar-refractivity contribution is -0.194. The lowest BCUT2D eigenvalue weighted by atomic mass is 9.39. The van der Waals surface area contributed by atoms with E-state index in [1.54, 1.807) is 39.8 Å². The number of benzene rings is 1. The molecule has 12 aliphatic rings. The number of ether oxygens (including phenoxy) is 1. The van der Waals surface area contributed by atoms with E-state index < -0.39 is 51.2 Å². The first-order valence-corrected chi connectivity index (χ1v) is 27.8. The van der Waals surface area contributed by atoms with Gasteiger partial charge in [0.15, 0.2) is 5.78 Å². The van der Waals surface area contributed by atoms with Crippen molar-refractivity contribution in [1.82, 2.24) is 0 Å². The quantitative estimate of drug-likeness (QED) is 0.100. The SMILES string of the molecule is CC(C)[C@@H](C)[C@@H]1O[C@H]1[C@@]1(O)CC=C[C@@H]2C[C@H]3C4=CC(=O)[C@]5(CSSC[C@H]6CCC[C@H](CO)[C@]67C(=O)N(CC76CCCC6)c6cc(O)cc(c6)CC[C@]26[C@@H]1CC[C@@]46O)C[C@@H](O)[C@@H](O)C[C@]35C. The summed E-state index contributed by atoms with van der Waals surface area (Å²) in [4.78, 5) is 33.2. The van der Waals surface area contributed by atoms with Crippen molar-refractivity contribution >= 4 is 39.0 Å². The number of aromatic hydroxyl groups is 1. The molecule has 65 heavy (non-hydrogen) atoms. The highest BCUT2D eigenvalue weighted by atomic mass is 33.1. The molecule has 4 spiro atoms. The second kappa shape index (κ2) is 15.6. The second-order valence-electron chi connectivity index (χ2n) is 23.8. The number of hydrogen-bond donors (Lipinski definition) is 6. The zero-order valence-electron chi connectivity index (χ0n) is 38.9. The minimum absolute atomic E-state index is 0.00669. The van der Waals surface area contributed by atoms with Gasteiger partial charge < -0.3 is 40.3 Å². The first-order valence-electron chi connectivity index (χ1n) is 25.4. The maximum atomic E-state index is 15.7. The van der Waals surface area contributed by atoms with Gasteiger partial charge in [0.1, 0.15) is 17.5 Å². The van der Waals surface area contributed by atoms with Crippen LogP contribution in [0.4, 0.5) is 5.69 Å². The maximum Gasteiger partial charge on any atom is 0.234 e. The molecule has 12 heteroatoms. The van der Waals surface area contributed by atoms with Gasteiger partial charge in [0.25, 0.3) is 0 Å². The zero-order chi connectivity index (χ0) is 45.7. The second-order valence-corrected chi connectivity index (χ2v) is 26.3. The van der Waals surface area contributed by atoms with Gasteiger partial charge in [-0.2, -0.15) is 0 Å². The number of allylic oxidation sites excluding steroid dienone is 2. The van der Waals surface area contributed by atoms with Crippen LogP contribution < -0.4 is 4.90 Å². The Morgan fingerprint density at radius 1 is 0.938 bits per heavy atom. The molecule has 0 aromatic heterocycles. The molecule has 1 aromatic carbocycles. The van der Waals surface area contributed by atoms with Gasteiger partial charge in [-0.25, -0.2) is 0 Å². The molecule has 5 aliphatic heterocycles. The molecule has 16 atom stereocenters. The summed E-state index contributed by atoms with van der Waals surface area (Å²) in [5, 5.41) is 73.4. The van der Waals surface area contributed by atoms with Crippen LogP contribution in [0, 0.1) is 68.5 Å². The van der Waals surface area contributed by atoms with Gasteiger partial charge in [0.05, 0.1) is 34.7 Å². The molecule has 1 amide bonds. The van der Waals surface area contributed by atoms with Crippen molar-refractivity contribution in [1.29, 1.82) is 0 Å². The molecule has 0 radical (unpaired) electrons. The predicted molar refractivity (Wildman–Crippen MR) is 253 cm³/mol. The summed E-state index contributed by atoms with van der Waals surface area (Å²) < 4.78 is 6.52. The lowest BCUT2D eigenvalue weighted by Gasteiger charge is -2.66. The first-order chi connectivity index (χ1) is 31.0. The maximum absolute atomic E-state index is 15.7. The van der Waals surface area contributed by atoms with E-state index in [0.717, 1.165) is 56.1 Å². The zero-order valence-corrected chi connectivity index (χ0v) is 40.6. The molecule has 356 valence electrons. The van der Waals surface area contributed by atoms with Crippen LogP contribution in [0.2, 0.25) is 0 Å². The number of carbonyl (C=O) groups excluding carboxylic acids is 2. The molecule has 1 aromatic rings. The van der Waals surface area contributed by atoms with Gasteiger partial charge in [-0.15, -0.1) is 0 Å². The standard InChI is InChI=1S/C53H73NO9S2/c1-30(2)31(3)44-45(63-44)51(61)16-8-11-33-21-38-39-23-43(59)49(25-41(58)40(57)24-47(38,49)4)29-65-64-27-35-10-7-9-34(26-55)53(35)46(60)54(28-48(53)14-5-6-15-48)36-19-32(20-37(56)22-36)12-17-50(33)42(51)13-18-52(39,50)62/h8,11,19-20,22-23,30-31,33-35,38,40-42,44-45,55-58,61-62H,5-7,9-10,12-18,21,24-29H2,1-4H3/t31-,33-,34-,35-,38+,40+,41-,42+,44+,45-,47-,49-,50-,51-,52-,53-/m1/s1. The Balaban J connectivity index is 1.09. The van der Waals surface area contributed by atoms with Crippen LogP contribution in [0.1, 0.15) is 123 Å². The molecule has 6 N–H and O–H groups in total. The molecule has 7 aliphatic carbocycles. The Kier molecular flexibility index (Phi) is 10.9. The number of epoxide rings is 1. The highest BCUT2D eigenvalue weighted by Gasteiger charge is 2.77. The fourth-order valence-corrected chi connectivity index (χ4v) is 21.1. The van der Waals surface area contributed by atoms with Crippen molar-refractivity contribution in [2.45, 2.75) is 160 Å². The molecular weight excluding hydrogens is 859 g/mol. The first kappa shape index (κ1) is 45.5. The van der Waals surface area contributed by atoms with Crippen LogP contribution >= 0.6 is 21.6 Å². The summed E-state index contributed by atoms with van der Waals surface area (Å²) in [6.45, 7) is 9.22. The fourth-order valence-electron chi connectivity index (χ4n) is 17.9. The number of aliphatic hydroxyl groups excluding tert-OH is 3.